The van der Waals surface area contributed by atoms with Gasteiger partial charge in [-0.2, -0.15) is 16.7 Å². The zero-order chi connectivity index (χ0) is 14.3. The number of hydrogen-bond donors (Lipinski definition) is 1. The molecule has 0 radical (unpaired) electrons. The first-order chi connectivity index (χ1) is 9.02. The van der Waals surface area contributed by atoms with Gasteiger partial charge < -0.3 is 10.3 Å². The van der Waals surface area contributed by atoms with E-state index in [1.54, 1.807) is 0 Å². The smallest absolute Gasteiger partial charge is 0.226 e. The van der Waals surface area contributed by atoms with Gasteiger partial charge in [0, 0.05) is 6.42 Å². The van der Waals surface area contributed by atoms with Crippen molar-refractivity contribution >= 4 is 11.8 Å². The summed E-state index contributed by atoms with van der Waals surface area (Å²) in [6, 6.07) is 0. The third-order valence-electron chi connectivity index (χ3n) is 3.27. The Morgan fingerprint density at radius 1 is 1.21 bits per heavy atom. The second-order valence-corrected chi connectivity index (χ2v) is 7.15. The summed E-state index contributed by atoms with van der Waals surface area (Å²) >= 11 is 1.83. The molecule has 110 valence electrons. The van der Waals surface area contributed by atoms with Crippen LogP contribution in [0.2, 0.25) is 0 Å². The fourth-order valence-electron chi connectivity index (χ4n) is 2.03. The molecule has 19 heavy (non-hydrogen) atoms. The molecular weight excluding hydrogens is 258 g/mol. The van der Waals surface area contributed by atoms with E-state index in [-0.39, 0.29) is 0 Å². The summed E-state index contributed by atoms with van der Waals surface area (Å²) in [5.41, 5.74) is 5.65. The quantitative estimate of drug-likeness (QED) is 0.754. The lowest BCUT2D eigenvalue weighted by atomic mass is 9.88. The van der Waals surface area contributed by atoms with Gasteiger partial charge in [0.15, 0.2) is 5.82 Å². The summed E-state index contributed by atoms with van der Waals surface area (Å²) in [6.45, 7) is 9.60. The number of aryl methyl sites for hydroxylation is 1. The van der Waals surface area contributed by atoms with Crippen LogP contribution < -0.4 is 5.73 Å². The lowest BCUT2D eigenvalue weighted by Gasteiger charge is -2.18. The van der Waals surface area contributed by atoms with E-state index in [1.165, 1.54) is 0 Å². The molecule has 5 heteroatoms. The van der Waals surface area contributed by atoms with Gasteiger partial charge >= 0.3 is 0 Å². The van der Waals surface area contributed by atoms with E-state index < -0.39 is 0 Å². The van der Waals surface area contributed by atoms with Gasteiger partial charge in [0.05, 0.1) is 5.75 Å². The van der Waals surface area contributed by atoms with Crippen LogP contribution in [0.4, 0.5) is 0 Å². The predicted molar refractivity (Wildman–Crippen MR) is 81.0 cm³/mol. The maximum Gasteiger partial charge on any atom is 0.226 e. The topological polar surface area (TPSA) is 64.9 Å². The van der Waals surface area contributed by atoms with E-state index in [0.717, 1.165) is 43.3 Å². The molecule has 1 atom stereocenters. The highest BCUT2D eigenvalue weighted by Crippen LogP contribution is 2.21. The highest BCUT2D eigenvalue weighted by atomic mass is 32.2. The third kappa shape index (κ3) is 6.43. The zero-order valence-corrected chi connectivity index (χ0v) is 13.4. The molecule has 0 spiro atoms. The molecule has 1 aromatic heterocycles. The van der Waals surface area contributed by atoms with Gasteiger partial charge in [0.25, 0.3) is 0 Å². The molecule has 4 nitrogen and oxygen atoms in total. The fourth-order valence-corrected chi connectivity index (χ4v) is 2.63. The Balaban J connectivity index is 2.40. The molecule has 0 amide bonds. The molecule has 1 heterocycles. The van der Waals surface area contributed by atoms with Crippen LogP contribution in [0.1, 0.15) is 52.3 Å². The van der Waals surface area contributed by atoms with Crippen molar-refractivity contribution in [2.24, 2.45) is 17.6 Å². The molecule has 0 bridgehead atoms. The minimum atomic E-state index is 0.594. The van der Waals surface area contributed by atoms with Crippen LogP contribution in [0.3, 0.4) is 0 Å². The highest BCUT2D eigenvalue weighted by molar-refractivity contribution is 7.99. The monoisotopic (exact) mass is 285 g/mol. The van der Waals surface area contributed by atoms with Gasteiger partial charge in [-0.3, -0.25) is 0 Å². The zero-order valence-electron chi connectivity index (χ0n) is 12.6. The van der Waals surface area contributed by atoms with E-state index in [0.29, 0.717) is 17.1 Å². The first kappa shape index (κ1) is 16.5. The van der Waals surface area contributed by atoms with Crippen LogP contribution in [0, 0.1) is 11.8 Å². The van der Waals surface area contributed by atoms with Crippen molar-refractivity contribution in [3.05, 3.63) is 11.7 Å². The van der Waals surface area contributed by atoms with Crippen molar-refractivity contribution in [3.8, 4) is 0 Å². The van der Waals surface area contributed by atoms with E-state index >= 15 is 0 Å². The number of hydrogen-bond acceptors (Lipinski definition) is 5. The average Bonchev–Trinajstić information content (AvgIpc) is 2.79. The molecule has 0 aliphatic rings. The predicted octanol–water partition coefficient (Wildman–Crippen LogP) is 3.26. The van der Waals surface area contributed by atoms with Crippen LogP contribution >= 0.6 is 11.8 Å². The van der Waals surface area contributed by atoms with E-state index in [4.69, 9.17) is 10.3 Å². The Kier molecular flexibility index (Phi) is 7.46. The molecule has 0 aromatic carbocycles. The molecule has 0 saturated carbocycles. The summed E-state index contributed by atoms with van der Waals surface area (Å²) in [5, 5.41) is 4.62. The molecule has 0 saturated heterocycles. The molecule has 1 unspecified atom stereocenters. The van der Waals surface area contributed by atoms with Gasteiger partial charge in [0.1, 0.15) is 0 Å². The number of thioether (sulfide) groups is 1. The summed E-state index contributed by atoms with van der Waals surface area (Å²) in [5.74, 6) is 3.71. The summed E-state index contributed by atoms with van der Waals surface area (Å²) in [4.78, 5) is 4.44. The Bertz CT molecular complexity index is 352. The van der Waals surface area contributed by atoms with Gasteiger partial charge in [-0.15, -0.1) is 0 Å². The van der Waals surface area contributed by atoms with Crippen molar-refractivity contribution in [1.82, 2.24) is 10.1 Å². The van der Waals surface area contributed by atoms with Crippen molar-refractivity contribution in [3.63, 3.8) is 0 Å². The largest absolute Gasteiger partial charge is 0.339 e. The normalized spacial score (nSPS) is 13.4. The van der Waals surface area contributed by atoms with Crippen LogP contribution in [0.5, 0.6) is 0 Å². The first-order valence-electron chi connectivity index (χ1n) is 7.16. The second-order valence-electron chi connectivity index (χ2n) is 5.58. The SMILES string of the molecule is CC(C)SCc1noc(CCC(CCN)C(C)C)n1. The minimum absolute atomic E-state index is 0.594. The van der Waals surface area contributed by atoms with Crippen molar-refractivity contribution < 1.29 is 4.52 Å². The average molecular weight is 285 g/mol. The van der Waals surface area contributed by atoms with Crippen LogP contribution in [0.15, 0.2) is 4.52 Å². The standard InChI is InChI=1S/C14H27N3OS/c1-10(2)12(7-8-15)5-6-14-16-13(17-18-14)9-19-11(3)4/h10-12H,5-9,15H2,1-4H3. The molecular formula is C14H27N3OS. The Hall–Kier alpha value is -0.550. The molecule has 0 aliphatic heterocycles. The molecule has 2 N–H and O–H groups in total. The lowest BCUT2D eigenvalue weighted by molar-refractivity contribution is 0.313. The van der Waals surface area contributed by atoms with Gasteiger partial charge in [-0.1, -0.05) is 32.9 Å². The molecule has 1 rings (SSSR count). The Morgan fingerprint density at radius 2 is 1.95 bits per heavy atom. The van der Waals surface area contributed by atoms with Crippen molar-refractivity contribution in [2.75, 3.05) is 6.54 Å². The summed E-state index contributed by atoms with van der Waals surface area (Å²) in [6.07, 6.45) is 3.01. The van der Waals surface area contributed by atoms with Crippen LogP contribution in [-0.4, -0.2) is 21.9 Å². The number of nitrogens with zero attached hydrogens (tertiary/aromatic N) is 2. The number of aromatic nitrogens is 2. The van der Waals surface area contributed by atoms with Gasteiger partial charge in [-0.05, 0) is 36.5 Å². The van der Waals surface area contributed by atoms with Gasteiger partial charge in [-0.25, -0.2) is 0 Å². The molecule has 1 aromatic rings. The van der Waals surface area contributed by atoms with Crippen molar-refractivity contribution in [1.29, 1.82) is 0 Å². The Labute approximate surface area is 120 Å². The highest BCUT2D eigenvalue weighted by Gasteiger charge is 2.15. The van der Waals surface area contributed by atoms with E-state index in [2.05, 4.69) is 37.8 Å². The maximum atomic E-state index is 5.65. The summed E-state index contributed by atoms with van der Waals surface area (Å²) < 4.78 is 5.30. The second kappa shape index (κ2) is 8.59. The minimum Gasteiger partial charge on any atom is -0.339 e. The van der Waals surface area contributed by atoms with E-state index in [9.17, 15) is 0 Å². The first-order valence-corrected chi connectivity index (χ1v) is 8.21. The van der Waals surface area contributed by atoms with Crippen LogP contribution in [0.25, 0.3) is 0 Å². The fraction of sp³-hybridized carbons (Fsp3) is 0.857. The molecule has 0 fully saturated rings. The third-order valence-corrected chi connectivity index (χ3v) is 4.36. The van der Waals surface area contributed by atoms with Gasteiger partial charge in [0.2, 0.25) is 5.89 Å². The number of nitrogens with two attached hydrogens (primary N) is 1. The summed E-state index contributed by atoms with van der Waals surface area (Å²) in [7, 11) is 0. The van der Waals surface area contributed by atoms with Crippen molar-refractivity contribution in [2.45, 2.75) is 58.0 Å². The molecule has 0 aliphatic carbocycles. The Morgan fingerprint density at radius 3 is 2.53 bits per heavy atom. The number of rotatable bonds is 9. The maximum absolute atomic E-state index is 5.65. The van der Waals surface area contributed by atoms with E-state index in [1.807, 2.05) is 11.8 Å². The lowest BCUT2D eigenvalue weighted by Crippen LogP contribution is -2.15. The van der Waals surface area contributed by atoms with Crippen LogP contribution in [-0.2, 0) is 12.2 Å².